The molecule has 0 aromatic carbocycles. The van der Waals surface area contributed by atoms with Gasteiger partial charge >= 0.3 is 0 Å². The van der Waals surface area contributed by atoms with Crippen LogP contribution in [0.3, 0.4) is 0 Å². The third-order valence-electron chi connectivity index (χ3n) is 4.01. The molecule has 0 atom stereocenters. The lowest BCUT2D eigenvalue weighted by molar-refractivity contribution is 0.778. The van der Waals surface area contributed by atoms with Crippen LogP contribution in [0.4, 0.5) is 0 Å². The van der Waals surface area contributed by atoms with Crippen LogP contribution in [0.5, 0.6) is 0 Å². The molecule has 0 aliphatic rings. The molecule has 4 rings (SSSR count). The minimum atomic E-state index is 0.655. The molecule has 0 aliphatic carbocycles. The molecule has 0 spiro atoms. The van der Waals surface area contributed by atoms with Crippen molar-refractivity contribution in [2.45, 2.75) is 26.7 Å². The van der Waals surface area contributed by atoms with Crippen LogP contribution in [0.15, 0.2) is 24.3 Å². The molecular weight excluding hydrogens is 347 g/mol. The molecule has 8 heteroatoms. The summed E-state index contributed by atoms with van der Waals surface area (Å²) in [4.78, 5) is 9.05. The van der Waals surface area contributed by atoms with E-state index < -0.39 is 0 Å². The smallest absolute Gasteiger partial charge is 0.156 e. The Balaban J connectivity index is 1.61. The van der Waals surface area contributed by atoms with Gasteiger partial charge in [0.1, 0.15) is 0 Å². The molecule has 122 valence electrons. The molecule has 0 N–H and O–H groups in total. The zero-order valence-corrected chi connectivity index (χ0v) is 14.7. The van der Waals surface area contributed by atoms with Crippen LogP contribution in [-0.4, -0.2) is 29.2 Å². The maximum absolute atomic E-state index is 6.12. The first kappa shape index (κ1) is 15.4. The first-order valence-electron chi connectivity index (χ1n) is 7.54. The van der Waals surface area contributed by atoms with Crippen LogP contribution in [0.25, 0.3) is 11.3 Å². The van der Waals surface area contributed by atoms with Crippen LogP contribution in [-0.2, 0) is 12.8 Å². The highest BCUT2D eigenvalue weighted by Gasteiger charge is 2.11. The number of fused-ring (bicyclic) bond motifs is 2. The molecule has 24 heavy (non-hydrogen) atoms. The van der Waals surface area contributed by atoms with Crippen molar-refractivity contribution in [1.82, 2.24) is 29.2 Å². The van der Waals surface area contributed by atoms with E-state index >= 15 is 0 Å². The molecule has 6 nitrogen and oxygen atoms in total. The van der Waals surface area contributed by atoms with E-state index in [9.17, 15) is 0 Å². The Kier molecular flexibility index (Phi) is 3.66. The van der Waals surface area contributed by atoms with Gasteiger partial charge < -0.3 is 0 Å². The summed E-state index contributed by atoms with van der Waals surface area (Å²) >= 11 is 12.2. The highest BCUT2D eigenvalue weighted by atomic mass is 35.5. The predicted molar refractivity (Wildman–Crippen MR) is 92.9 cm³/mol. The van der Waals surface area contributed by atoms with Gasteiger partial charge in [0.2, 0.25) is 0 Å². The number of nitrogens with zero attached hydrogens (tertiary/aromatic N) is 6. The van der Waals surface area contributed by atoms with E-state index in [1.807, 2.05) is 38.1 Å². The van der Waals surface area contributed by atoms with Crippen LogP contribution in [0, 0.1) is 13.8 Å². The van der Waals surface area contributed by atoms with E-state index in [1.165, 1.54) is 0 Å². The fraction of sp³-hybridized carbons (Fsp3) is 0.250. The van der Waals surface area contributed by atoms with Crippen LogP contribution < -0.4 is 0 Å². The summed E-state index contributed by atoms with van der Waals surface area (Å²) < 4.78 is 3.53. The average Bonchev–Trinajstić information content (AvgIpc) is 3.17. The van der Waals surface area contributed by atoms with Crippen molar-refractivity contribution in [3.63, 3.8) is 0 Å². The highest BCUT2D eigenvalue weighted by Crippen LogP contribution is 2.18. The van der Waals surface area contributed by atoms with Gasteiger partial charge in [0.05, 0.1) is 21.4 Å². The van der Waals surface area contributed by atoms with Crippen LogP contribution in [0.1, 0.15) is 23.0 Å². The Morgan fingerprint density at radius 2 is 1.17 bits per heavy atom. The SMILES string of the molecule is Cc1c(Cl)ccc2nc(CCc3nc4ccc(Cl)c(C)n4n3)nn12. The van der Waals surface area contributed by atoms with E-state index in [0.717, 1.165) is 34.3 Å². The van der Waals surface area contributed by atoms with E-state index in [0.29, 0.717) is 22.9 Å². The number of aryl methyl sites for hydroxylation is 4. The number of pyridine rings is 2. The van der Waals surface area contributed by atoms with E-state index in [1.54, 1.807) is 9.03 Å². The topological polar surface area (TPSA) is 60.4 Å². The lowest BCUT2D eigenvalue weighted by Gasteiger charge is -1.98. The predicted octanol–water partition coefficient (Wildman–Crippen LogP) is 3.48. The van der Waals surface area contributed by atoms with Gasteiger partial charge in [0, 0.05) is 12.8 Å². The maximum atomic E-state index is 6.12. The van der Waals surface area contributed by atoms with Gasteiger partial charge in [-0.05, 0) is 38.1 Å². The molecule has 4 heterocycles. The number of rotatable bonds is 3. The van der Waals surface area contributed by atoms with E-state index in [4.69, 9.17) is 23.2 Å². The van der Waals surface area contributed by atoms with Gasteiger partial charge in [0.25, 0.3) is 0 Å². The van der Waals surface area contributed by atoms with Crippen molar-refractivity contribution in [3.05, 3.63) is 57.3 Å². The van der Waals surface area contributed by atoms with Crippen LogP contribution >= 0.6 is 23.2 Å². The minimum Gasteiger partial charge on any atom is -0.217 e. The second-order valence-electron chi connectivity index (χ2n) is 5.63. The molecule has 0 amide bonds. The van der Waals surface area contributed by atoms with Crippen molar-refractivity contribution in [2.75, 3.05) is 0 Å². The van der Waals surface area contributed by atoms with Gasteiger partial charge in [0.15, 0.2) is 22.9 Å². The van der Waals surface area contributed by atoms with Gasteiger partial charge in [-0.3, -0.25) is 0 Å². The summed E-state index contributed by atoms with van der Waals surface area (Å²) in [5.74, 6) is 1.49. The maximum Gasteiger partial charge on any atom is 0.156 e. The van der Waals surface area contributed by atoms with Crippen molar-refractivity contribution in [3.8, 4) is 0 Å². The number of aromatic nitrogens is 6. The Morgan fingerprint density at radius 1 is 0.750 bits per heavy atom. The summed E-state index contributed by atoms with van der Waals surface area (Å²) in [5.41, 5.74) is 3.34. The van der Waals surface area contributed by atoms with Gasteiger partial charge in [-0.2, -0.15) is 10.2 Å². The number of halogens is 2. The fourth-order valence-electron chi connectivity index (χ4n) is 2.62. The zero-order chi connectivity index (χ0) is 16.8. The van der Waals surface area contributed by atoms with E-state index in [2.05, 4.69) is 20.2 Å². The molecule has 0 radical (unpaired) electrons. The molecule has 0 saturated carbocycles. The largest absolute Gasteiger partial charge is 0.217 e. The highest BCUT2D eigenvalue weighted by molar-refractivity contribution is 6.31. The monoisotopic (exact) mass is 360 g/mol. The van der Waals surface area contributed by atoms with E-state index in [-0.39, 0.29) is 0 Å². The first-order valence-corrected chi connectivity index (χ1v) is 8.30. The minimum absolute atomic E-state index is 0.655. The summed E-state index contributed by atoms with van der Waals surface area (Å²) in [7, 11) is 0. The molecule has 0 saturated heterocycles. The first-order chi connectivity index (χ1) is 11.5. The van der Waals surface area contributed by atoms with Crippen LogP contribution in [0.2, 0.25) is 10.0 Å². The van der Waals surface area contributed by atoms with Gasteiger partial charge in [-0.15, -0.1) is 0 Å². The summed E-state index contributed by atoms with van der Waals surface area (Å²) in [5, 5.41) is 10.4. The fourth-order valence-corrected chi connectivity index (χ4v) is 2.91. The lowest BCUT2D eigenvalue weighted by Crippen LogP contribution is -1.99. The Bertz CT molecular complexity index is 979. The zero-order valence-electron chi connectivity index (χ0n) is 13.2. The van der Waals surface area contributed by atoms with Crippen molar-refractivity contribution in [2.24, 2.45) is 0 Å². The summed E-state index contributed by atoms with van der Waals surface area (Å²) in [6, 6.07) is 7.39. The summed E-state index contributed by atoms with van der Waals surface area (Å²) in [6.45, 7) is 3.84. The molecule has 0 bridgehead atoms. The second kappa shape index (κ2) is 5.72. The number of hydrogen-bond acceptors (Lipinski definition) is 4. The molecule has 4 aromatic rings. The third kappa shape index (κ3) is 2.52. The molecule has 4 aromatic heterocycles. The Morgan fingerprint density at radius 3 is 1.58 bits per heavy atom. The lowest BCUT2D eigenvalue weighted by atomic mass is 10.3. The molecular formula is C16H14Cl2N6. The number of hydrogen-bond donors (Lipinski definition) is 0. The standard InChI is InChI=1S/C16H14Cl2N6/c1-9-11(17)3-7-15-19-13(21-23(9)15)5-6-14-20-16-8-4-12(18)10(2)24(16)22-14/h3-4,7-8H,5-6H2,1-2H3. The summed E-state index contributed by atoms with van der Waals surface area (Å²) in [6.07, 6.45) is 1.31. The normalized spacial score (nSPS) is 11.7. The average molecular weight is 361 g/mol. The molecule has 0 fully saturated rings. The van der Waals surface area contributed by atoms with Gasteiger partial charge in [-0.1, -0.05) is 23.2 Å². The van der Waals surface area contributed by atoms with Crippen molar-refractivity contribution in [1.29, 1.82) is 0 Å². The van der Waals surface area contributed by atoms with Crippen molar-refractivity contribution < 1.29 is 0 Å². The molecule has 0 aliphatic heterocycles. The Hall–Kier alpha value is -2.18. The van der Waals surface area contributed by atoms with Crippen molar-refractivity contribution >= 4 is 34.5 Å². The molecule has 0 unspecified atom stereocenters. The third-order valence-corrected chi connectivity index (χ3v) is 4.81. The quantitative estimate of drug-likeness (QED) is 0.561. The second-order valence-corrected chi connectivity index (χ2v) is 6.44. The Labute approximate surface area is 148 Å². The van der Waals surface area contributed by atoms with Gasteiger partial charge in [-0.25, -0.2) is 19.0 Å².